The summed E-state index contributed by atoms with van der Waals surface area (Å²) in [7, 11) is 0. The van der Waals surface area contributed by atoms with Gasteiger partial charge in [0.25, 0.3) is 12.3 Å². The van der Waals surface area contributed by atoms with Gasteiger partial charge in [0.15, 0.2) is 5.78 Å². The van der Waals surface area contributed by atoms with Gasteiger partial charge >= 0.3 is 6.03 Å². The van der Waals surface area contributed by atoms with Gasteiger partial charge in [-0.3, -0.25) is 14.9 Å². The number of anilines is 1. The minimum absolute atomic E-state index is 0.0392. The highest BCUT2D eigenvalue weighted by Gasteiger charge is 2.28. The van der Waals surface area contributed by atoms with Crippen molar-refractivity contribution in [1.29, 1.82) is 0 Å². The smallest absolute Gasteiger partial charge is 0.307 e. The van der Waals surface area contributed by atoms with Gasteiger partial charge in [0.1, 0.15) is 17.2 Å². The minimum Gasteiger partial charge on any atom is -0.307 e. The van der Waals surface area contributed by atoms with Crippen LogP contribution >= 0.6 is 23.2 Å². The van der Waals surface area contributed by atoms with E-state index in [1.807, 2.05) is 0 Å². The Morgan fingerprint density at radius 3 is 2.11 bits per heavy atom. The number of urea groups is 1. The number of alkyl halides is 2. The fourth-order valence-electron chi connectivity index (χ4n) is 3.93. The van der Waals surface area contributed by atoms with Crippen molar-refractivity contribution in [3.05, 3.63) is 110 Å². The molecule has 11 heteroatoms. The molecule has 0 bridgehead atoms. The Hall–Kier alpha value is -3.95. The minimum atomic E-state index is -3.18. The standard InChI is InChI=1S/C27H16Cl2F4N2O3/c1-12-20(34-27(38)35-26(37)22-18(30)7-4-8-19(22)31)11-16(25(32)33)21(23(12)29)24(36)15-9-10-17(28)14-6-3-2-5-13(14)15/h2-11,25H,1H3,(H2,34,35,37,38). The van der Waals surface area contributed by atoms with Crippen molar-refractivity contribution >= 4 is 57.4 Å². The molecular weight excluding hydrogens is 547 g/mol. The van der Waals surface area contributed by atoms with Crippen LogP contribution in [0.4, 0.5) is 28.0 Å². The molecule has 0 atom stereocenters. The van der Waals surface area contributed by atoms with Gasteiger partial charge in [0, 0.05) is 27.2 Å². The third-order valence-electron chi connectivity index (χ3n) is 5.78. The molecule has 0 fully saturated rings. The second-order valence-corrected chi connectivity index (χ2v) is 8.89. The van der Waals surface area contributed by atoms with Crippen LogP contribution < -0.4 is 10.6 Å². The number of halogens is 6. The van der Waals surface area contributed by atoms with Crippen LogP contribution in [-0.2, 0) is 0 Å². The Morgan fingerprint density at radius 2 is 1.47 bits per heavy atom. The van der Waals surface area contributed by atoms with E-state index in [-0.39, 0.29) is 21.8 Å². The highest BCUT2D eigenvalue weighted by atomic mass is 35.5. The topological polar surface area (TPSA) is 75.3 Å². The molecule has 0 aromatic heterocycles. The lowest BCUT2D eigenvalue weighted by atomic mass is 9.92. The van der Waals surface area contributed by atoms with Gasteiger partial charge in [0.2, 0.25) is 0 Å². The van der Waals surface area contributed by atoms with Crippen molar-refractivity contribution < 1.29 is 31.9 Å². The first-order valence-corrected chi connectivity index (χ1v) is 11.7. The van der Waals surface area contributed by atoms with Crippen LogP contribution in [0.15, 0.2) is 60.7 Å². The van der Waals surface area contributed by atoms with Crippen LogP contribution in [0.3, 0.4) is 0 Å². The van der Waals surface area contributed by atoms with Gasteiger partial charge in [0.05, 0.1) is 10.6 Å². The molecule has 4 aromatic rings. The summed E-state index contributed by atoms with van der Waals surface area (Å²) in [6, 6.07) is 11.8. The Kier molecular flexibility index (Phi) is 7.71. The van der Waals surface area contributed by atoms with Gasteiger partial charge in [-0.2, -0.15) is 0 Å². The second kappa shape index (κ2) is 10.8. The summed E-state index contributed by atoms with van der Waals surface area (Å²) in [6.07, 6.45) is -3.18. The predicted octanol–water partition coefficient (Wildman–Crippen LogP) is 7.86. The first-order valence-electron chi connectivity index (χ1n) is 10.9. The number of amides is 3. The third-order valence-corrected chi connectivity index (χ3v) is 6.59. The Bertz CT molecular complexity index is 1610. The zero-order valence-electron chi connectivity index (χ0n) is 19.3. The number of carbonyl (C=O) groups is 3. The summed E-state index contributed by atoms with van der Waals surface area (Å²) >= 11 is 12.6. The second-order valence-electron chi connectivity index (χ2n) is 8.10. The maximum absolute atomic E-state index is 14.1. The largest absolute Gasteiger partial charge is 0.326 e. The molecule has 4 rings (SSSR count). The van der Waals surface area contributed by atoms with Crippen molar-refractivity contribution in [1.82, 2.24) is 5.32 Å². The lowest BCUT2D eigenvalue weighted by Crippen LogP contribution is -2.35. The molecule has 0 heterocycles. The zero-order valence-corrected chi connectivity index (χ0v) is 20.9. The summed E-state index contributed by atoms with van der Waals surface area (Å²) in [5, 5.41) is 4.88. The zero-order chi connectivity index (χ0) is 27.7. The van der Waals surface area contributed by atoms with Crippen molar-refractivity contribution in [3.63, 3.8) is 0 Å². The van der Waals surface area contributed by atoms with E-state index in [9.17, 15) is 31.9 Å². The van der Waals surface area contributed by atoms with Gasteiger partial charge in [-0.05, 0) is 48.2 Å². The number of benzene rings is 4. The highest BCUT2D eigenvalue weighted by Crippen LogP contribution is 2.38. The molecule has 0 aliphatic heterocycles. The molecule has 3 amide bonds. The third kappa shape index (κ3) is 5.07. The summed E-state index contributed by atoms with van der Waals surface area (Å²) in [4.78, 5) is 38.1. The summed E-state index contributed by atoms with van der Waals surface area (Å²) in [5.41, 5.74) is -2.36. The number of nitrogens with one attached hydrogen (secondary N) is 2. The Balaban J connectivity index is 1.70. The van der Waals surface area contributed by atoms with Crippen LogP contribution in [0.25, 0.3) is 10.8 Å². The fraction of sp³-hybridized carbons (Fsp3) is 0.0741. The lowest BCUT2D eigenvalue weighted by Gasteiger charge is -2.18. The van der Waals surface area contributed by atoms with Crippen LogP contribution in [0.1, 0.15) is 43.8 Å². The SMILES string of the molecule is Cc1c(NC(=O)NC(=O)c2c(F)cccc2F)cc(C(F)F)c(C(=O)c2ccc(Cl)c3ccccc23)c1Cl. The van der Waals surface area contributed by atoms with E-state index in [1.165, 1.54) is 19.1 Å². The van der Waals surface area contributed by atoms with E-state index in [2.05, 4.69) is 5.32 Å². The first kappa shape index (κ1) is 27.1. The van der Waals surface area contributed by atoms with Gasteiger partial charge in [-0.15, -0.1) is 0 Å². The van der Waals surface area contributed by atoms with Crippen molar-refractivity contribution in [2.75, 3.05) is 5.32 Å². The summed E-state index contributed by atoms with van der Waals surface area (Å²) in [5.74, 6) is -4.58. The van der Waals surface area contributed by atoms with E-state index >= 15 is 0 Å². The molecule has 0 aliphatic carbocycles. The van der Waals surface area contributed by atoms with Crippen molar-refractivity contribution in [3.8, 4) is 0 Å². The van der Waals surface area contributed by atoms with Crippen molar-refractivity contribution in [2.45, 2.75) is 13.3 Å². The molecule has 2 N–H and O–H groups in total. The number of fused-ring (bicyclic) bond motifs is 1. The summed E-state index contributed by atoms with van der Waals surface area (Å²) < 4.78 is 56.0. The molecule has 0 saturated carbocycles. The Labute approximate surface area is 223 Å². The molecule has 4 aromatic carbocycles. The number of carbonyl (C=O) groups excluding carboxylic acids is 3. The van der Waals surface area contributed by atoms with E-state index in [0.29, 0.717) is 15.8 Å². The molecule has 194 valence electrons. The van der Waals surface area contributed by atoms with Gasteiger partial charge in [-0.1, -0.05) is 53.5 Å². The maximum atomic E-state index is 14.1. The molecular formula is C27H16Cl2F4N2O3. The summed E-state index contributed by atoms with van der Waals surface area (Å²) in [6.45, 7) is 1.36. The van der Waals surface area contributed by atoms with Crippen LogP contribution in [0.2, 0.25) is 10.0 Å². The molecule has 38 heavy (non-hydrogen) atoms. The Morgan fingerprint density at radius 1 is 0.842 bits per heavy atom. The van der Waals surface area contributed by atoms with Crippen LogP contribution in [0.5, 0.6) is 0 Å². The fourth-order valence-corrected chi connectivity index (χ4v) is 4.45. The molecule has 0 aliphatic rings. The number of ketones is 1. The average Bonchev–Trinajstić information content (AvgIpc) is 2.86. The van der Waals surface area contributed by atoms with E-state index in [4.69, 9.17) is 23.2 Å². The first-order chi connectivity index (χ1) is 18.0. The monoisotopic (exact) mass is 562 g/mol. The van der Waals surface area contributed by atoms with Gasteiger partial charge < -0.3 is 5.32 Å². The van der Waals surface area contributed by atoms with Gasteiger partial charge in [-0.25, -0.2) is 22.4 Å². The lowest BCUT2D eigenvalue weighted by molar-refractivity contribution is 0.0958. The van der Waals surface area contributed by atoms with Crippen molar-refractivity contribution in [2.24, 2.45) is 0 Å². The van der Waals surface area contributed by atoms with E-state index in [1.54, 1.807) is 29.6 Å². The average molecular weight is 563 g/mol. The molecule has 5 nitrogen and oxygen atoms in total. The van der Waals surface area contributed by atoms with E-state index in [0.717, 1.165) is 24.3 Å². The molecule has 0 saturated heterocycles. The number of imide groups is 1. The van der Waals surface area contributed by atoms with E-state index < -0.39 is 52.5 Å². The number of hydrogen-bond acceptors (Lipinski definition) is 3. The van der Waals surface area contributed by atoms with Crippen LogP contribution in [0, 0.1) is 18.6 Å². The normalized spacial score (nSPS) is 11.1. The highest BCUT2D eigenvalue weighted by molar-refractivity contribution is 6.38. The molecule has 0 radical (unpaired) electrons. The quantitative estimate of drug-likeness (QED) is 0.192. The van der Waals surface area contributed by atoms with Crippen LogP contribution in [-0.4, -0.2) is 17.7 Å². The predicted molar refractivity (Wildman–Crippen MR) is 136 cm³/mol. The number of hydrogen-bond donors (Lipinski definition) is 2. The molecule has 0 spiro atoms. The number of rotatable bonds is 5. The maximum Gasteiger partial charge on any atom is 0.326 e. The molecule has 0 unspecified atom stereocenters.